The first-order valence-corrected chi connectivity index (χ1v) is 14.0. The van der Waals surface area contributed by atoms with Crippen LogP contribution in [0.5, 0.6) is 0 Å². The molecule has 0 aliphatic rings. The molecule has 37 heavy (non-hydrogen) atoms. The highest BCUT2D eigenvalue weighted by atomic mass is 79.9. The van der Waals surface area contributed by atoms with Crippen LogP contribution in [0.4, 0.5) is 0 Å². The fraction of sp³-hybridized carbons (Fsp3) is 0. The molecule has 0 spiro atoms. The highest BCUT2D eigenvalue weighted by molar-refractivity contribution is 9.10. The molecule has 8 rings (SSSR count). The molecule has 2 heterocycles. The summed E-state index contributed by atoms with van der Waals surface area (Å²) in [5, 5.41) is 7.68. The minimum absolute atomic E-state index is 1.15. The van der Waals surface area contributed by atoms with Crippen LogP contribution in [0.25, 0.3) is 69.6 Å². The number of thiophene rings is 1. The summed E-state index contributed by atoms with van der Waals surface area (Å²) in [6, 6.07) is 44.2. The normalized spacial score (nSPS) is 11.9. The Morgan fingerprint density at radius 1 is 0.514 bits per heavy atom. The minimum Gasteiger partial charge on any atom is -0.309 e. The fourth-order valence-electron chi connectivity index (χ4n) is 5.78. The third-order valence-electron chi connectivity index (χ3n) is 7.46. The summed E-state index contributed by atoms with van der Waals surface area (Å²) in [5.74, 6) is 0. The van der Waals surface area contributed by atoms with Crippen molar-refractivity contribution in [3.8, 4) is 16.8 Å². The summed E-state index contributed by atoms with van der Waals surface area (Å²) < 4.78 is 6.21. The van der Waals surface area contributed by atoms with Gasteiger partial charge in [-0.3, -0.25) is 0 Å². The zero-order chi connectivity index (χ0) is 24.5. The van der Waals surface area contributed by atoms with E-state index in [4.69, 9.17) is 0 Å². The van der Waals surface area contributed by atoms with Gasteiger partial charge in [0.1, 0.15) is 0 Å². The molecule has 0 unspecified atom stereocenters. The van der Waals surface area contributed by atoms with E-state index in [-0.39, 0.29) is 0 Å². The van der Waals surface area contributed by atoms with Crippen molar-refractivity contribution in [1.82, 2.24) is 4.57 Å². The monoisotopic (exact) mass is 553 g/mol. The van der Waals surface area contributed by atoms with Crippen molar-refractivity contribution in [3.05, 3.63) is 126 Å². The van der Waals surface area contributed by atoms with Crippen LogP contribution in [-0.4, -0.2) is 4.57 Å². The van der Waals surface area contributed by atoms with E-state index in [2.05, 4.69) is 142 Å². The maximum absolute atomic E-state index is 3.78. The Labute approximate surface area is 226 Å². The zero-order valence-corrected chi connectivity index (χ0v) is 22.2. The van der Waals surface area contributed by atoms with Crippen molar-refractivity contribution in [1.29, 1.82) is 0 Å². The smallest absolute Gasteiger partial charge is 0.0541 e. The van der Waals surface area contributed by atoms with E-state index >= 15 is 0 Å². The fourth-order valence-corrected chi connectivity index (χ4v) is 7.60. The Balaban J connectivity index is 1.39. The number of hydrogen-bond donors (Lipinski definition) is 0. The molecule has 0 radical (unpaired) electrons. The highest BCUT2D eigenvalue weighted by Crippen LogP contribution is 2.41. The van der Waals surface area contributed by atoms with Crippen LogP contribution in [-0.2, 0) is 0 Å². The molecule has 8 aromatic rings. The van der Waals surface area contributed by atoms with Crippen LogP contribution < -0.4 is 0 Å². The van der Waals surface area contributed by atoms with Crippen LogP contribution >= 0.6 is 27.3 Å². The van der Waals surface area contributed by atoms with Crippen molar-refractivity contribution < 1.29 is 0 Å². The molecule has 0 atom stereocenters. The van der Waals surface area contributed by atoms with E-state index < -0.39 is 0 Å². The largest absolute Gasteiger partial charge is 0.309 e. The SMILES string of the molecule is Brc1cccc2sc3ccc(-c4ccc5c(c4)c4ccccc4n5-c4cccc5ccccc45)cc3c12. The van der Waals surface area contributed by atoms with Crippen molar-refractivity contribution in [2.45, 2.75) is 0 Å². The lowest BCUT2D eigenvalue weighted by molar-refractivity contribution is 1.20. The van der Waals surface area contributed by atoms with E-state index in [0.29, 0.717) is 0 Å². The van der Waals surface area contributed by atoms with Crippen molar-refractivity contribution in [2.75, 3.05) is 0 Å². The van der Waals surface area contributed by atoms with E-state index in [0.717, 1.165) is 4.47 Å². The van der Waals surface area contributed by atoms with E-state index in [1.54, 1.807) is 0 Å². The summed E-state index contributed by atoms with van der Waals surface area (Å²) in [7, 11) is 0. The minimum atomic E-state index is 1.15. The first kappa shape index (κ1) is 21.2. The average molecular weight is 555 g/mol. The maximum Gasteiger partial charge on any atom is 0.0541 e. The van der Waals surface area contributed by atoms with Crippen LogP contribution in [0.1, 0.15) is 0 Å². The van der Waals surface area contributed by atoms with Crippen LogP contribution in [0.2, 0.25) is 0 Å². The second-order valence-electron chi connectivity index (χ2n) is 9.51. The van der Waals surface area contributed by atoms with Gasteiger partial charge in [-0.25, -0.2) is 0 Å². The molecule has 3 heteroatoms. The van der Waals surface area contributed by atoms with Gasteiger partial charge >= 0.3 is 0 Å². The molecule has 0 fully saturated rings. The van der Waals surface area contributed by atoms with Gasteiger partial charge in [-0.2, -0.15) is 0 Å². The number of fused-ring (bicyclic) bond motifs is 7. The molecule has 2 aromatic heterocycles. The Morgan fingerprint density at radius 3 is 2.14 bits per heavy atom. The summed E-state index contributed by atoms with van der Waals surface area (Å²) in [6.45, 7) is 0. The third kappa shape index (κ3) is 3.14. The topological polar surface area (TPSA) is 4.93 Å². The molecular weight excluding hydrogens is 534 g/mol. The molecule has 0 bridgehead atoms. The first-order chi connectivity index (χ1) is 18.3. The van der Waals surface area contributed by atoms with Gasteiger partial charge in [0, 0.05) is 40.8 Å². The highest BCUT2D eigenvalue weighted by Gasteiger charge is 2.15. The lowest BCUT2D eigenvalue weighted by Gasteiger charge is -2.12. The summed E-state index contributed by atoms with van der Waals surface area (Å²) in [6.07, 6.45) is 0. The number of hydrogen-bond acceptors (Lipinski definition) is 1. The van der Waals surface area contributed by atoms with Gasteiger partial charge in [-0.1, -0.05) is 88.7 Å². The lowest BCUT2D eigenvalue weighted by Crippen LogP contribution is -1.95. The summed E-state index contributed by atoms with van der Waals surface area (Å²) in [5.41, 5.74) is 6.15. The van der Waals surface area contributed by atoms with E-state index in [1.165, 1.54) is 69.6 Å². The van der Waals surface area contributed by atoms with Gasteiger partial charge in [-0.15, -0.1) is 11.3 Å². The van der Waals surface area contributed by atoms with Gasteiger partial charge < -0.3 is 4.57 Å². The number of aromatic nitrogens is 1. The maximum atomic E-state index is 3.78. The molecular formula is C34H20BrNS. The molecule has 174 valence electrons. The van der Waals surface area contributed by atoms with Gasteiger partial charge in [0.2, 0.25) is 0 Å². The molecule has 6 aromatic carbocycles. The zero-order valence-electron chi connectivity index (χ0n) is 19.8. The number of benzene rings is 6. The lowest BCUT2D eigenvalue weighted by atomic mass is 10.0. The van der Waals surface area contributed by atoms with Gasteiger partial charge in [0.15, 0.2) is 0 Å². The van der Waals surface area contributed by atoms with E-state index in [1.807, 2.05) is 11.3 Å². The van der Waals surface area contributed by atoms with Gasteiger partial charge in [0.05, 0.1) is 16.7 Å². The molecule has 0 amide bonds. The predicted molar refractivity (Wildman–Crippen MR) is 164 cm³/mol. The predicted octanol–water partition coefficient (Wildman–Crippen LogP) is 10.7. The summed E-state index contributed by atoms with van der Waals surface area (Å²) in [4.78, 5) is 0. The summed E-state index contributed by atoms with van der Waals surface area (Å²) >= 11 is 5.64. The molecule has 0 aliphatic heterocycles. The second kappa shape index (κ2) is 8.04. The quantitative estimate of drug-likeness (QED) is 0.200. The molecule has 0 N–H and O–H groups in total. The van der Waals surface area contributed by atoms with Crippen molar-refractivity contribution in [2.24, 2.45) is 0 Å². The number of halogens is 1. The van der Waals surface area contributed by atoms with E-state index in [9.17, 15) is 0 Å². The molecule has 0 saturated carbocycles. The van der Waals surface area contributed by atoms with Gasteiger partial charge in [0.25, 0.3) is 0 Å². The average Bonchev–Trinajstić information content (AvgIpc) is 3.48. The molecule has 0 aliphatic carbocycles. The van der Waals surface area contributed by atoms with Crippen LogP contribution in [0.15, 0.2) is 126 Å². The Morgan fingerprint density at radius 2 is 1.22 bits per heavy atom. The van der Waals surface area contributed by atoms with Gasteiger partial charge in [-0.05, 0) is 65.0 Å². The molecule has 0 saturated heterocycles. The third-order valence-corrected chi connectivity index (χ3v) is 9.25. The van der Waals surface area contributed by atoms with Crippen LogP contribution in [0.3, 0.4) is 0 Å². The molecule has 1 nitrogen and oxygen atoms in total. The first-order valence-electron chi connectivity index (χ1n) is 12.4. The number of nitrogens with zero attached hydrogens (tertiary/aromatic N) is 1. The van der Waals surface area contributed by atoms with Crippen molar-refractivity contribution >= 4 is 80.0 Å². The standard InChI is InChI=1S/C34H20BrNS/c35-28-11-6-14-33-34(28)27-20-23(16-18-32(27)37-33)22-15-17-31-26(19-22)25-10-3-4-12-30(25)36(31)29-13-5-8-21-7-1-2-9-24(21)29/h1-20H. The van der Waals surface area contributed by atoms with Crippen LogP contribution in [0, 0.1) is 0 Å². The number of para-hydroxylation sites is 1. The second-order valence-corrected chi connectivity index (χ2v) is 11.4. The Hall–Kier alpha value is -3.92. The number of rotatable bonds is 2. The Bertz CT molecular complexity index is 2160. The Kier molecular flexibility index (Phi) is 4.61. The van der Waals surface area contributed by atoms with Crippen molar-refractivity contribution in [3.63, 3.8) is 0 Å².